The van der Waals surface area contributed by atoms with E-state index in [1.165, 1.54) is 15.2 Å². The summed E-state index contributed by atoms with van der Waals surface area (Å²) in [5, 5.41) is -0.000864. The van der Waals surface area contributed by atoms with Crippen LogP contribution in [0.1, 0.15) is 0 Å². The summed E-state index contributed by atoms with van der Waals surface area (Å²) in [6.45, 7) is 0.814. The van der Waals surface area contributed by atoms with Gasteiger partial charge >= 0.3 is 0 Å². The van der Waals surface area contributed by atoms with Gasteiger partial charge in [0.2, 0.25) is 5.03 Å². The average Bonchev–Trinajstić information content (AvgIpc) is 2.78. The minimum atomic E-state index is -3.60. The number of aromatic nitrogens is 2. The van der Waals surface area contributed by atoms with Gasteiger partial charge in [-0.2, -0.15) is 4.31 Å². The molecule has 0 saturated carbocycles. The lowest BCUT2D eigenvalue weighted by Crippen LogP contribution is -2.29. The molecular formula is C7H10ClN3O3S. The first-order chi connectivity index (χ1) is 7.03. The molecule has 2 rings (SSSR count). The third-order valence-electron chi connectivity index (χ3n) is 2.14. The second-order valence-corrected chi connectivity index (χ2v) is 5.38. The highest BCUT2D eigenvalue weighted by Crippen LogP contribution is 2.23. The molecule has 0 amide bonds. The predicted octanol–water partition coefficient (Wildman–Crippen LogP) is 0.0519. The van der Waals surface area contributed by atoms with Gasteiger partial charge in [-0.15, -0.1) is 0 Å². The molecule has 1 aromatic heterocycles. The number of halogens is 1. The molecule has 1 aromatic rings. The van der Waals surface area contributed by atoms with Crippen LogP contribution in [0.2, 0.25) is 5.15 Å². The van der Waals surface area contributed by atoms with Crippen molar-refractivity contribution in [2.45, 2.75) is 5.03 Å². The van der Waals surface area contributed by atoms with E-state index in [0.717, 1.165) is 0 Å². The molecule has 0 spiro atoms. The van der Waals surface area contributed by atoms with E-state index in [9.17, 15) is 8.42 Å². The zero-order chi connectivity index (χ0) is 11.1. The predicted molar refractivity (Wildman–Crippen MR) is 52.9 cm³/mol. The Bertz CT molecular complexity index is 464. The summed E-state index contributed by atoms with van der Waals surface area (Å²) >= 11 is 5.83. The number of ether oxygens (including phenoxy) is 1. The van der Waals surface area contributed by atoms with Gasteiger partial charge in [-0.05, 0) is 0 Å². The molecule has 1 fully saturated rings. The standard InChI is InChI=1S/C7H10ClN3O3S/c1-10-4-9-7(6(10)8)15(12,13)11-2-3-14-5-11/h4H,2-3,5H2,1H3. The minimum Gasteiger partial charge on any atom is -0.364 e. The molecule has 8 heteroatoms. The maximum Gasteiger partial charge on any atom is 0.265 e. The van der Waals surface area contributed by atoms with Crippen LogP contribution >= 0.6 is 11.6 Å². The van der Waals surface area contributed by atoms with Crippen LogP contribution in [-0.2, 0) is 21.8 Å². The Kier molecular flexibility index (Phi) is 2.72. The van der Waals surface area contributed by atoms with Gasteiger partial charge in [0.1, 0.15) is 11.9 Å². The number of aryl methyl sites for hydroxylation is 1. The molecular weight excluding hydrogens is 242 g/mol. The second kappa shape index (κ2) is 3.75. The summed E-state index contributed by atoms with van der Waals surface area (Å²) in [5.41, 5.74) is 0. The number of imidazole rings is 1. The van der Waals surface area contributed by atoms with Crippen molar-refractivity contribution in [2.24, 2.45) is 7.05 Å². The minimum absolute atomic E-state index is 0.0647. The molecule has 1 aliphatic heterocycles. The van der Waals surface area contributed by atoms with E-state index in [-0.39, 0.29) is 16.9 Å². The number of sulfonamides is 1. The highest BCUT2D eigenvalue weighted by atomic mass is 35.5. The van der Waals surface area contributed by atoms with Gasteiger partial charge in [0.05, 0.1) is 12.9 Å². The van der Waals surface area contributed by atoms with Crippen molar-refractivity contribution in [3.63, 3.8) is 0 Å². The summed E-state index contributed by atoms with van der Waals surface area (Å²) in [6.07, 6.45) is 1.37. The molecule has 0 unspecified atom stereocenters. The first-order valence-corrected chi connectivity index (χ1v) is 6.10. The first-order valence-electron chi connectivity index (χ1n) is 4.28. The number of hydrogen-bond acceptors (Lipinski definition) is 4. The maximum absolute atomic E-state index is 12.0. The quantitative estimate of drug-likeness (QED) is 0.745. The Morgan fingerprint density at radius 3 is 2.80 bits per heavy atom. The van der Waals surface area contributed by atoms with Crippen LogP contribution in [0.25, 0.3) is 0 Å². The third kappa shape index (κ3) is 1.76. The van der Waals surface area contributed by atoms with Crippen molar-refractivity contribution in [3.8, 4) is 0 Å². The summed E-state index contributed by atoms with van der Waals surface area (Å²) in [5.74, 6) is 0. The topological polar surface area (TPSA) is 64.4 Å². The molecule has 1 saturated heterocycles. The van der Waals surface area contributed by atoms with Gasteiger partial charge in [0.15, 0.2) is 0 Å². The molecule has 0 bridgehead atoms. The fourth-order valence-electron chi connectivity index (χ4n) is 1.28. The highest BCUT2D eigenvalue weighted by molar-refractivity contribution is 7.89. The monoisotopic (exact) mass is 251 g/mol. The normalized spacial score (nSPS) is 18.5. The van der Waals surface area contributed by atoms with E-state index in [0.29, 0.717) is 13.2 Å². The molecule has 2 heterocycles. The van der Waals surface area contributed by atoms with Gasteiger partial charge in [0, 0.05) is 13.6 Å². The van der Waals surface area contributed by atoms with Crippen LogP contribution in [0.3, 0.4) is 0 Å². The van der Waals surface area contributed by atoms with Gasteiger partial charge in [-0.1, -0.05) is 11.6 Å². The Balaban J connectivity index is 2.41. The third-order valence-corrected chi connectivity index (χ3v) is 4.45. The Labute approximate surface area is 92.5 Å². The molecule has 1 aliphatic rings. The smallest absolute Gasteiger partial charge is 0.265 e. The van der Waals surface area contributed by atoms with E-state index < -0.39 is 10.0 Å². The zero-order valence-corrected chi connectivity index (χ0v) is 9.62. The van der Waals surface area contributed by atoms with Crippen molar-refractivity contribution in [1.29, 1.82) is 0 Å². The van der Waals surface area contributed by atoms with Crippen molar-refractivity contribution in [1.82, 2.24) is 13.9 Å². The SMILES string of the molecule is Cn1cnc(S(=O)(=O)N2CCOC2)c1Cl. The lowest BCUT2D eigenvalue weighted by atomic mass is 10.7. The fraction of sp³-hybridized carbons (Fsp3) is 0.571. The molecule has 6 nitrogen and oxygen atoms in total. The van der Waals surface area contributed by atoms with Crippen LogP contribution < -0.4 is 0 Å². The maximum atomic E-state index is 12.0. The molecule has 0 radical (unpaired) electrons. The van der Waals surface area contributed by atoms with Crippen LogP contribution in [0, 0.1) is 0 Å². The van der Waals surface area contributed by atoms with E-state index in [4.69, 9.17) is 16.3 Å². The van der Waals surface area contributed by atoms with Crippen LogP contribution in [-0.4, -0.2) is 42.2 Å². The largest absolute Gasteiger partial charge is 0.364 e. The van der Waals surface area contributed by atoms with Crippen molar-refractivity contribution < 1.29 is 13.2 Å². The molecule has 0 atom stereocenters. The van der Waals surface area contributed by atoms with Crippen molar-refractivity contribution in [3.05, 3.63) is 11.5 Å². The van der Waals surface area contributed by atoms with E-state index in [1.54, 1.807) is 7.05 Å². The zero-order valence-electron chi connectivity index (χ0n) is 8.05. The Morgan fingerprint density at radius 1 is 1.60 bits per heavy atom. The van der Waals surface area contributed by atoms with Crippen LogP contribution in [0.5, 0.6) is 0 Å². The molecule has 0 N–H and O–H groups in total. The van der Waals surface area contributed by atoms with E-state index in [2.05, 4.69) is 4.98 Å². The summed E-state index contributed by atoms with van der Waals surface area (Å²) < 4.78 is 31.5. The van der Waals surface area contributed by atoms with Gasteiger partial charge in [-0.3, -0.25) is 0 Å². The fourth-order valence-corrected chi connectivity index (χ4v) is 2.97. The number of hydrogen-bond donors (Lipinski definition) is 0. The molecule has 15 heavy (non-hydrogen) atoms. The van der Waals surface area contributed by atoms with Crippen LogP contribution in [0.15, 0.2) is 11.4 Å². The van der Waals surface area contributed by atoms with Gasteiger partial charge < -0.3 is 9.30 Å². The highest BCUT2D eigenvalue weighted by Gasteiger charge is 2.32. The Morgan fingerprint density at radius 2 is 2.33 bits per heavy atom. The number of rotatable bonds is 2. The van der Waals surface area contributed by atoms with E-state index in [1.807, 2.05) is 0 Å². The molecule has 0 aromatic carbocycles. The van der Waals surface area contributed by atoms with Crippen molar-refractivity contribution in [2.75, 3.05) is 19.9 Å². The summed E-state index contributed by atoms with van der Waals surface area (Å²) in [4.78, 5) is 3.78. The molecule has 0 aliphatic carbocycles. The first kappa shape index (κ1) is 10.9. The van der Waals surface area contributed by atoms with Gasteiger partial charge in [-0.25, -0.2) is 13.4 Å². The average molecular weight is 252 g/mol. The lowest BCUT2D eigenvalue weighted by molar-refractivity contribution is 0.172. The second-order valence-electron chi connectivity index (χ2n) is 3.17. The molecule has 84 valence electrons. The van der Waals surface area contributed by atoms with Gasteiger partial charge in [0.25, 0.3) is 10.0 Å². The van der Waals surface area contributed by atoms with Crippen molar-refractivity contribution >= 4 is 21.6 Å². The lowest BCUT2D eigenvalue weighted by Gasteiger charge is -2.11. The Hall–Kier alpha value is -0.630. The van der Waals surface area contributed by atoms with Crippen LogP contribution in [0.4, 0.5) is 0 Å². The van der Waals surface area contributed by atoms with E-state index >= 15 is 0 Å². The summed E-state index contributed by atoms with van der Waals surface area (Å²) in [7, 11) is -1.97. The number of nitrogens with zero attached hydrogens (tertiary/aromatic N) is 3. The summed E-state index contributed by atoms with van der Waals surface area (Å²) in [6, 6.07) is 0.